The lowest BCUT2D eigenvalue weighted by molar-refractivity contribution is -0.143. The summed E-state index contributed by atoms with van der Waals surface area (Å²) in [5.41, 5.74) is 1.68. The summed E-state index contributed by atoms with van der Waals surface area (Å²) in [4.78, 5) is 29.3. The summed E-state index contributed by atoms with van der Waals surface area (Å²) in [6.07, 6.45) is 0.535. The normalized spacial score (nSPS) is 12.2. The van der Waals surface area contributed by atoms with E-state index in [0.717, 1.165) is 10.6 Å². The highest BCUT2D eigenvalue weighted by Gasteiger charge is 2.25. The molecule has 0 bridgehead atoms. The summed E-state index contributed by atoms with van der Waals surface area (Å²) >= 11 is 2.92. The second-order valence-electron chi connectivity index (χ2n) is 5.62. The number of methoxy groups -OCH3 is 1. The number of nitrogens with one attached hydrogen (secondary N) is 1. The molecule has 23 heavy (non-hydrogen) atoms. The number of hydrogen-bond donors (Lipinski definition) is 1. The summed E-state index contributed by atoms with van der Waals surface area (Å²) in [6.45, 7) is 5.79. The first-order valence-corrected chi connectivity index (χ1v) is 9.07. The Labute approximate surface area is 143 Å². The van der Waals surface area contributed by atoms with Crippen molar-refractivity contribution < 1.29 is 14.3 Å². The monoisotopic (exact) mass is 352 g/mol. The molecule has 0 aromatic carbocycles. The Morgan fingerprint density at radius 1 is 1.39 bits per heavy atom. The maximum Gasteiger partial charge on any atom is 0.328 e. The molecule has 124 valence electrons. The Balaban J connectivity index is 2.17. The lowest BCUT2D eigenvalue weighted by atomic mass is 10.0. The number of aromatic nitrogens is 1. The van der Waals surface area contributed by atoms with Gasteiger partial charge < -0.3 is 10.1 Å². The van der Waals surface area contributed by atoms with E-state index in [2.05, 4.69) is 10.3 Å². The molecule has 2 rings (SSSR count). The zero-order chi connectivity index (χ0) is 17.0. The Hall–Kier alpha value is -1.73. The average Bonchev–Trinajstić information content (AvgIpc) is 3.14. The highest BCUT2D eigenvalue weighted by Crippen LogP contribution is 2.29. The van der Waals surface area contributed by atoms with E-state index in [1.54, 1.807) is 18.3 Å². The molecule has 2 aromatic rings. The van der Waals surface area contributed by atoms with Crippen LogP contribution >= 0.6 is 22.7 Å². The van der Waals surface area contributed by atoms with Gasteiger partial charge >= 0.3 is 5.97 Å². The number of aryl methyl sites for hydroxylation is 1. The van der Waals surface area contributed by atoms with Gasteiger partial charge in [-0.3, -0.25) is 4.79 Å². The van der Waals surface area contributed by atoms with Crippen molar-refractivity contribution in [1.82, 2.24) is 10.3 Å². The van der Waals surface area contributed by atoms with Crippen molar-refractivity contribution in [3.05, 3.63) is 27.4 Å². The van der Waals surface area contributed by atoms with Crippen LogP contribution in [0.5, 0.6) is 0 Å². The number of thiophene rings is 1. The molecule has 0 saturated carbocycles. The van der Waals surface area contributed by atoms with Crippen LogP contribution in [0.25, 0.3) is 10.6 Å². The van der Waals surface area contributed by atoms with Gasteiger partial charge in [-0.15, -0.1) is 11.3 Å². The quantitative estimate of drug-likeness (QED) is 0.808. The molecule has 0 radical (unpaired) electrons. The van der Waals surface area contributed by atoms with Crippen LogP contribution in [-0.2, 0) is 9.53 Å². The molecule has 5 nitrogen and oxygen atoms in total. The van der Waals surface area contributed by atoms with Gasteiger partial charge in [0.1, 0.15) is 15.9 Å². The van der Waals surface area contributed by atoms with Crippen LogP contribution in [0.4, 0.5) is 0 Å². The Bertz CT molecular complexity index is 678. The van der Waals surface area contributed by atoms with E-state index in [0.29, 0.717) is 17.0 Å². The maximum atomic E-state index is 12.5. The van der Waals surface area contributed by atoms with E-state index in [4.69, 9.17) is 4.74 Å². The van der Waals surface area contributed by atoms with Crippen LogP contribution in [-0.4, -0.2) is 30.0 Å². The largest absolute Gasteiger partial charge is 0.467 e. The molecule has 1 N–H and O–H groups in total. The third-order valence-electron chi connectivity index (χ3n) is 3.27. The first-order valence-electron chi connectivity index (χ1n) is 7.31. The number of carbonyl (C=O) groups is 2. The van der Waals surface area contributed by atoms with Crippen LogP contribution in [0.1, 0.15) is 35.6 Å². The lowest BCUT2D eigenvalue weighted by Crippen LogP contribution is -2.42. The molecule has 1 unspecified atom stereocenters. The molecule has 7 heteroatoms. The molecule has 0 saturated heterocycles. The minimum absolute atomic E-state index is 0.267. The average molecular weight is 352 g/mol. The van der Waals surface area contributed by atoms with Crippen LogP contribution < -0.4 is 5.32 Å². The van der Waals surface area contributed by atoms with Crippen LogP contribution in [0.15, 0.2) is 16.8 Å². The first-order chi connectivity index (χ1) is 10.9. The number of carbonyl (C=O) groups excluding carboxylic acids is 2. The number of hydrogen-bond acceptors (Lipinski definition) is 6. The maximum absolute atomic E-state index is 12.5. The van der Waals surface area contributed by atoms with Crippen LogP contribution in [0.3, 0.4) is 0 Å². The Morgan fingerprint density at radius 2 is 2.13 bits per heavy atom. The van der Waals surface area contributed by atoms with E-state index in [1.807, 2.05) is 30.7 Å². The lowest BCUT2D eigenvalue weighted by Gasteiger charge is -2.17. The standard InChI is InChI=1S/C16H20N2O3S2/c1-9(2)7-12(16(20)21-4)18-14(19)13-10(3)17-15(23-13)11-5-6-22-8-11/h5-6,8-9,12H,7H2,1-4H3,(H,18,19). The second kappa shape index (κ2) is 7.70. The van der Waals surface area contributed by atoms with Crippen molar-refractivity contribution in [2.24, 2.45) is 5.92 Å². The zero-order valence-electron chi connectivity index (χ0n) is 13.6. The fraction of sp³-hybridized carbons (Fsp3) is 0.438. The fourth-order valence-corrected chi connectivity index (χ4v) is 3.85. The Kier molecular flexibility index (Phi) is 5.90. The summed E-state index contributed by atoms with van der Waals surface area (Å²) < 4.78 is 4.78. The number of amides is 1. The van der Waals surface area contributed by atoms with Crippen LogP contribution in [0, 0.1) is 12.8 Å². The van der Waals surface area contributed by atoms with Gasteiger partial charge in [-0.2, -0.15) is 11.3 Å². The van der Waals surface area contributed by atoms with Gasteiger partial charge in [-0.1, -0.05) is 13.8 Å². The molecule has 2 aromatic heterocycles. The molecule has 2 heterocycles. The molecular weight excluding hydrogens is 332 g/mol. The van der Waals surface area contributed by atoms with Gasteiger partial charge in [0, 0.05) is 10.9 Å². The second-order valence-corrected chi connectivity index (χ2v) is 7.40. The van der Waals surface area contributed by atoms with Gasteiger partial charge in [0.15, 0.2) is 0 Å². The summed E-state index contributed by atoms with van der Waals surface area (Å²) in [7, 11) is 1.33. The topological polar surface area (TPSA) is 68.3 Å². The smallest absolute Gasteiger partial charge is 0.328 e. The van der Waals surface area contributed by atoms with E-state index >= 15 is 0 Å². The molecule has 0 aliphatic rings. The third-order valence-corrected chi connectivity index (χ3v) is 5.16. The predicted octanol–water partition coefficient (Wildman–Crippen LogP) is 3.50. The molecule has 0 fully saturated rings. The minimum atomic E-state index is -0.640. The number of thiazole rings is 1. The molecule has 1 atom stereocenters. The van der Waals surface area contributed by atoms with E-state index in [-0.39, 0.29) is 11.8 Å². The molecular formula is C16H20N2O3S2. The van der Waals surface area contributed by atoms with E-state index in [9.17, 15) is 9.59 Å². The fourth-order valence-electron chi connectivity index (χ4n) is 2.17. The summed E-state index contributed by atoms with van der Waals surface area (Å²) in [5.74, 6) is -0.437. The van der Waals surface area contributed by atoms with Crippen LogP contribution in [0.2, 0.25) is 0 Å². The van der Waals surface area contributed by atoms with Gasteiger partial charge in [-0.25, -0.2) is 9.78 Å². The molecule has 0 spiro atoms. The molecule has 0 aliphatic heterocycles. The zero-order valence-corrected chi connectivity index (χ0v) is 15.2. The predicted molar refractivity (Wildman–Crippen MR) is 92.9 cm³/mol. The molecule has 0 aliphatic carbocycles. The number of esters is 1. The van der Waals surface area contributed by atoms with Gasteiger partial charge in [0.25, 0.3) is 5.91 Å². The molecule has 1 amide bonds. The van der Waals surface area contributed by atoms with E-state index in [1.165, 1.54) is 18.4 Å². The van der Waals surface area contributed by atoms with Crippen molar-refractivity contribution in [1.29, 1.82) is 0 Å². The highest BCUT2D eigenvalue weighted by molar-refractivity contribution is 7.17. The van der Waals surface area contributed by atoms with Crippen molar-refractivity contribution >= 4 is 34.6 Å². The van der Waals surface area contributed by atoms with Gasteiger partial charge in [0.2, 0.25) is 0 Å². The first kappa shape index (κ1) is 17.6. The highest BCUT2D eigenvalue weighted by atomic mass is 32.1. The Morgan fingerprint density at radius 3 is 2.70 bits per heavy atom. The number of nitrogens with zero attached hydrogens (tertiary/aromatic N) is 1. The van der Waals surface area contributed by atoms with Gasteiger partial charge in [0.05, 0.1) is 12.8 Å². The third kappa shape index (κ3) is 4.39. The van der Waals surface area contributed by atoms with Gasteiger partial charge in [-0.05, 0) is 30.7 Å². The van der Waals surface area contributed by atoms with Crippen molar-refractivity contribution in [2.75, 3.05) is 7.11 Å². The van der Waals surface area contributed by atoms with Crippen molar-refractivity contribution in [3.63, 3.8) is 0 Å². The summed E-state index contributed by atoms with van der Waals surface area (Å²) in [6, 6.07) is 1.33. The minimum Gasteiger partial charge on any atom is -0.467 e. The number of rotatable bonds is 6. The SMILES string of the molecule is COC(=O)C(CC(C)C)NC(=O)c1sc(-c2ccsc2)nc1C. The van der Waals surface area contributed by atoms with Crippen molar-refractivity contribution in [2.45, 2.75) is 33.2 Å². The summed E-state index contributed by atoms with van der Waals surface area (Å²) in [5, 5.41) is 7.56. The number of ether oxygens (including phenoxy) is 1. The van der Waals surface area contributed by atoms with Crippen molar-refractivity contribution in [3.8, 4) is 10.6 Å². The van der Waals surface area contributed by atoms with E-state index < -0.39 is 12.0 Å².